The fourth-order valence-electron chi connectivity index (χ4n) is 3.42. The topological polar surface area (TPSA) is 50.6 Å². The first-order valence-electron chi connectivity index (χ1n) is 8.85. The van der Waals surface area contributed by atoms with E-state index in [-0.39, 0.29) is 0 Å². The van der Waals surface area contributed by atoms with Crippen LogP contribution in [-0.4, -0.2) is 35.6 Å². The van der Waals surface area contributed by atoms with Gasteiger partial charge in [0.1, 0.15) is 0 Å². The monoisotopic (exact) mass is 345 g/mol. The van der Waals surface area contributed by atoms with Crippen molar-refractivity contribution >= 4 is 18.6 Å². The molecule has 6 heteroatoms. The molecule has 2 N–H and O–H groups in total. The number of imidazole rings is 1. The van der Waals surface area contributed by atoms with Crippen LogP contribution in [0.15, 0.2) is 48.8 Å². The fraction of sp³-hybridized carbons (Fsp3) is 0.300. The first-order chi connectivity index (χ1) is 12.6. The van der Waals surface area contributed by atoms with Crippen molar-refractivity contribution in [3.63, 3.8) is 0 Å². The van der Waals surface area contributed by atoms with E-state index in [9.17, 15) is 0 Å². The van der Waals surface area contributed by atoms with Crippen molar-refractivity contribution in [3.05, 3.63) is 65.7 Å². The quantitative estimate of drug-likeness (QED) is 0.710. The molecular formula is C20H22BN4O. The van der Waals surface area contributed by atoms with Crippen molar-refractivity contribution in [2.24, 2.45) is 0 Å². The molecule has 131 valence electrons. The van der Waals surface area contributed by atoms with Crippen LogP contribution in [0.2, 0.25) is 0 Å². The normalized spacial score (nSPS) is 14.3. The van der Waals surface area contributed by atoms with Crippen LogP contribution in [0.3, 0.4) is 0 Å². The number of hydrogen-bond acceptors (Lipinski definition) is 4. The van der Waals surface area contributed by atoms with Crippen molar-refractivity contribution in [1.82, 2.24) is 20.0 Å². The molecule has 0 saturated heterocycles. The molecular weight excluding hydrogens is 323 g/mol. The minimum absolute atomic E-state index is 0.455. The Bertz CT molecular complexity index is 963. The van der Waals surface area contributed by atoms with E-state index in [2.05, 4.69) is 39.9 Å². The summed E-state index contributed by atoms with van der Waals surface area (Å²) in [6, 6.07) is 12.1. The van der Waals surface area contributed by atoms with E-state index in [1.807, 2.05) is 42.7 Å². The molecule has 4 rings (SSSR count). The minimum atomic E-state index is -0.455. The second kappa shape index (κ2) is 6.61. The Morgan fingerprint density at radius 1 is 1.27 bits per heavy atom. The predicted octanol–water partition coefficient (Wildman–Crippen LogP) is 1.99. The van der Waals surface area contributed by atoms with E-state index in [4.69, 9.17) is 12.2 Å². The number of hydrogen-bond donors (Lipinski definition) is 2. The molecule has 0 fully saturated rings. The van der Waals surface area contributed by atoms with Gasteiger partial charge in [0.15, 0.2) is 0 Å². The van der Waals surface area contributed by atoms with Crippen molar-refractivity contribution in [2.45, 2.75) is 25.9 Å². The standard InChI is InChI=1S/C20H22BN4O/c1-20(2,19-23-13-15-7-3-4-10-25(15)19)24-18(21)16-8-5-6-14-12-22-9-11-26-17(14)16/h3-8,10,13,22,24H,9,11-12H2,1-2H3. The van der Waals surface area contributed by atoms with Crippen LogP contribution >= 0.6 is 0 Å². The molecule has 3 heterocycles. The van der Waals surface area contributed by atoms with Crippen LogP contribution in [0, 0.1) is 0 Å². The summed E-state index contributed by atoms with van der Waals surface area (Å²) in [6.07, 6.45) is 3.89. The molecule has 2 aromatic heterocycles. The van der Waals surface area contributed by atoms with Crippen LogP contribution in [0.4, 0.5) is 0 Å². The number of rotatable bonds is 4. The first-order valence-corrected chi connectivity index (χ1v) is 8.85. The summed E-state index contributed by atoms with van der Waals surface area (Å²) in [4.78, 5) is 4.61. The molecule has 0 saturated carbocycles. The summed E-state index contributed by atoms with van der Waals surface area (Å²) in [7, 11) is 6.47. The molecule has 3 aromatic rings. The van der Waals surface area contributed by atoms with E-state index < -0.39 is 5.54 Å². The van der Waals surface area contributed by atoms with Crippen LogP contribution < -0.4 is 15.4 Å². The van der Waals surface area contributed by atoms with Crippen LogP contribution in [-0.2, 0) is 12.1 Å². The van der Waals surface area contributed by atoms with Gasteiger partial charge in [0.05, 0.1) is 0 Å². The molecule has 1 aromatic carbocycles. The molecule has 1 aliphatic rings. The van der Waals surface area contributed by atoms with Gasteiger partial charge >= 0.3 is 154 Å². The first kappa shape index (κ1) is 16.9. The zero-order chi connectivity index (χ0) is 18.1. The van der Waals surface area contributed by atoms with Crippen LogP contribution in [0.1, 0.15) is 30.8 Å². The zero-order valence-electron chi connectivity index (χ0n) is 15.1. The predicted molar refractivity (Wildman–Crippen MR) is 105 cm³/mol. The van der Waals surface area contributed by atoms with Gasteiger partial charge in [-0.25, -0.2) is 0 Å². The van der Waals surface area contributed by atoms with Crippen molar-refractivity contribution in [3.8, 4) is 5.75 Å². The number of benzene rings is 1. The van der Waals surface area contributed by atoms with Gasteiger partial charge in [-0.05, 0) is 0 Å². The summed E-state index contributed by atoms with van der Waals surface area (Å²) in [5.74, 6) is 1.76. The Morgan fingerprint density at radius 3 is 3.04 bits per heavy atom. The molecule has 1 aliphatic heterocycles. The van der Waals surface area contributed by atoms with Gasteiger partial charge in [0.2, 0.25) is 0 Å². The Kier molecular flexibility index (Phi) is 4.28. The maximum atomic E-state index is 6.47. The second-order valence-corrected chi connectivity index (χ2v) is 7.06. The Morgan fingerprint density at radius 2 is 2.15 bits per heavy atom. The van der Waals surface area contributed by atoms with E-state index in [1.54, 1.807) is 0 Å². The second-order valence-electron chi connectivity index (χ2n) is 7.06. The molecule has 0 spiro atoms. The summed E-state index contributed by atoms with van der Waals surface area (Å²) >= 11 is 0. The maximum absolute atomic E-state index is 6.47. The van der Waals surface area contributed by atoms with Gasteiger partial charge in [0.25, 0.3) is 0 Å². The molecule has 0 aliphatic carbocycles. The van der Waals surface area contributed by atoms with E-state index >= 15 is 0 Å². The fourth-order valence-corrected chi connectivity index (χ4v) is 3.42. The average Bonchev–Trinajstić information content (AvgIpc) is 2.92. The van der Waals surface area contributed by atoms with Gasteiger partial charge < -0.3 is 0 Å². The Labute approximate surface area is 154 Å². The molecule has 5 nitrogen and oxygen atoms in total. The van der Waals surface area contributed by atoms with E-state index in [0.717, 1.165) is 41.3 Å². The van der Waals surface area contributed by atoms with Crippen molar-refractivity contribution in [1.29, 1.82) is 0 Å². The third-order valence-electron chi connectivity index (χ3n) is 4.67. The van der Waals surface area contributed by atoms with Crippen molar-refractivity contribution in [2.75, 3.05) is 13.2 Å². The molecule has 0 atom stereocenters. The van der Waals surface area contributed by atoms with Gasteiger partial charge in [0, 0.05) is 0 Å². The Hall–Kier alpha value is -2.60. The number of nitrogens with one attached hydrogen (secondary N) is 2. The number of para-hydroxylation sites is 1. The molecule has 0 unspecified atom stereocenters. The Balaban J connectivity index is 1.66. The molecule has 0 amide bonds. The summed E-state index contributed by atoms with van der Waals surface area (Å²) in [6.45, 7) is 6.39. The third-order valence-corrected chi connectivity index (χ3v) is 4.67. The number of fused-ring (bicyclic) bond motifs is 2. The summed E-state index contributed by atoms with van der Waals surface area (Å²) in [5, 5.41) is 6.80. The van der Waals surface area contributed by atoms with Gasteiger partial charge in [-0.3, -0.25) is 0 Å². The number of pyridine rings is 1. The van der Waals surface area contributed by atoms with Gasteiger partial charge in [-0.2, -0.15) is 0 Å². The van der Waals surface area contributed by atoms with E-state index in [1.165, 1.54) is 0 Å². The average molecular weight is 345 g/mol. The van der Waals surface area contributed by atoms with Gasteiger partial charge in [-0.1, -0.05) is 0 Å². The number of nitrogens with zero attached hydrogens (tertiary/aromatic N) is 2. The molecule has 1 radical (unpaired) electrons. The van der Waals surface area contributed by atoms with Crippen molar-refractivity contribution < 1.29 is 4.74 Å². The SMILES string of the molecule is [B]=C(NC(C)(C)c1ncc2ccccn12)c1cccc2c1OCCNC2. The molecule has 26 heavy (non-hydrogen) atoms. The van der Waals surface area contributed by atoms with Crippen LogP contribution in [0.25, 0.3) is 5.52 Å². The summed E-state index contributed by atoms with van der Waals surface area (Å²) in [5.41, 5.74) is 3.19. The summed E-state index contributed by atoms with van der Waals surface area (Å²) < 4.78 is 8.03. The zero-order valence-corrected chi connectivity index (χ0v) is 15.1. The number of ether oxygens (including phenoxy) is 1. The van der Waals surface area contributed by atoms with E-state index in [0.29, 0.717) is 12.2 Å². The van der Waals surface area contributed by atoms with Crippen LogP contribution in [0.5, 0.6) is 5.75 Å². The third kappa shape index (κ3) is 3.01. The molecule has 0 bridgehead atoms. The number of aromatic nitrogens is 2. The van der Waals surface area contributed by atoms with Gasteiger partial charge in [-0.15, -0.1) is 0 Å².